The zero-order chi connectivity index (χ0) is 14.4. The van der Waals surface area contributed by atoms with Crippen molar-refractivity contribution in [3.05, 3.63) is 42.1 Å². The van der Waals surface area contributed by atoms with E-state index >= 15 is 0 Å². The molecule has 1 aromatic carbocycles. The van der Waals surface area contributed by atoms with Gasteiger partial charge in [0.15, 0.2) is 0 Å². The van der Waals surface area contributed by atoms with Gasteiger partial charge in [-0.15, -0.1) is 0 Å². The number of amidine groups is 1. The summed E-state index contributed by atoms with van der Waals surface area (Å²) in [6, 6.07) is 10.4. The maximum absolute atomic E-state index is 8.53. The number of pyridine rings is 1. The number of hydrogen-bond acceptors (Lipinski definition) is 4. The highest BCUT2D eigenvalue weighted by atomic mass is 16.4. The first-order valence-electron chi connectivity index (χ1n) is 6.73. The molecule has 2 aromatic rings. The molecule has 20 heavy (non-hydrogen) atoms. The van der Waals surface area contributed by atoms with Crippen LogP contribution in [0.25, 0.3) is 10.9 Å². The van der Waals surface area contributed by atoms with E-state index in [1.54, 1.807) is 0 Å². The highest BCUT2D eigenvalue weighted by molar-refractivity contribution is 5.81. The van der Waals surface area contributed by atoms with E-state index < -0.39 is 0 Å². The Balaban J connectivity index is 1.93. The number of para-hydroxylation sites is 1. The van der Waals surface area contributed by atoms with Gasteiger partial charge in [0.2, 0.25) is 0 Å². The highest BCUT2D eigenvalue weighted by Gasteiger charge is 2.05. The van der Waals surface area contributed by atoms with Gasteiger partial charge in [-0.1, -0.05) is 29.4 Å². The molecule has 2 rings (SSSR count). The minimum absolute atomic E-state index is 0.175. The number of aromatic nitrogens is 1. The van der Waals surface area contributed by atoms with E-state index in [0.717, 1.165) is 23.9 Å². The van der Waals surface area contributed by atoms with Crippen molar-refractivity contribution in [1.82, 2.24) is 10.3 Å². The normalized spacial score (nSPS) is 13.6. The van der Waals surface area contributed by atoms with Crippen LogP contribution < -0.4 is 11.1 Å². The van der Waals surface area contributed by atoms with Crippen LogP contribution in [0.15, 0.2) is 41.7 Å². The molecule has 5 heteroatoms. The average molecular weight is 272 g/mol. The standard InChI is InChI=1S/C15H20N4O/c1-11(10-14(16)19-20)17-9-7-13-5-2-4-12-6-3-8-18-15(12)13/h2-6,8,11,17,20H,7,9-10H2,1H3,(H2,16,19). The van der Waals surface area contributed by atoms with Crippen LogP contribution in [0.4, 0.5) is 0 Å². The number of rotatable bonds is 6. The lowest BCUT2D eigenvalue weighted by atomic mass is 10.1. The minimum Gasteiger partial charge on any atom is -0.409 e. The molecule has 0 aliphatic heterocycles. The third-order valence-corrected chi connectivity index (χ3v) is 3.25. The van der Waals surface area contributed by atoms with Crippen LogP contribution in [0.1, 0.15) is 18.9 Å². The first-order chi connectivity index (χ1) is 9.70. The number of benzene rings is 1. The summed E-state index contributed by atoms with van der Waals surface area (Å²) in [5.74, 6) is 0.247. The Labute approximate surface area is 118 Å². The Morgan fingerprint density at radius 1 is 1.40 bits per heavy atom. The Morgan fingerprint density at radius 3 is 3.00 bits per heavy atom. The van der Waals surface area contributed by atoms with Crippen molar-refractivity contribution in [2.45, 2.75) is 25.8 Å². The molecule has 0 amide bonds. The summed E-state index contributed by atoms with van der Waals surface area (Å²) in [5, 5.41) is 16.0. The highest BCUT2D eigenvalue weighted by Crippen LogP contribution is 2.16. The van der Waals surface area contributed by atoms with Gasteiger partial charge in [0.25, 0.3) is 0 Å². The second-order valence-electron chi connectivity index (χ2n) is 4.89. The largest absolute Gasteiger partial charge is 0.409 e. The first-order valence-corrected chi connectivity index (χ1v) is 6.73. The lowest BCUT2D eigenvalue weighted by Crippen LogP contribution is -2.32. The van der Waals surface area contributed by atoms with Crippen LogP contribution >= 0.6 is 0 Å². The first kappa shape index (κ1) is 14.3. The molecule has 0 aliphatic rings. The molecule has 0 saturated heterocycles. The van der Waals surface area contributed by atoms with Gasteiger partial charge in [-0.3, -0.25) is 4.98 Å². The Morgan fingerprint density at radius 2 is 2.20 bits per heavy atom. The second-order valence-corrected chi connectivity index (χ2v) is 4.89. The van der Waals surface area contributed by atoms with Gasteiger partial charge in [0.05, 0.1) is 5.52 Å². The smallest absolute Gasteiger partial charge is 0.140 e. The number of nitrogens with zero attached hydrogens (tertiary/aromatic N) is 2. The lowest BCUT2D eigenvalue weighted by molar-refractivity contribution is 0.316. The summed E-state index contributed by atoms with van der Waals surface area (Å²) >= 11 is 0. The third-order valence-electron chi connectivity index (χ3n) is 3.25. The number of nitrogens with two attached hydrogens (primary N) is 1. The van der Waals surface area contributed by atoms with Gasteiger partial charge in [-0.25, -0.2) is 0 Å². The number of nitrogens with one attached hydrogen (secondary N) is 1. The van der Waals surface area contributed by atoms with E-state index in [2.05, 4.69) is 39.7 Å². The van der Waals surface area contributed by atoms with E-state index in [4.69, 9.17) is 10.9 Å². The Bertz CT molecular complexity index is 592. The van der Waals surface area contributed by atoms with Crippen molar-refractivity contribution in [3.8, 4) is 0 Å². The summed E-state index contributed by atoms with van der Waals surface area (Å²) < 4.78 is 0. The Kier molecular flexibility index (Phi) is 4.90. The summed E-state index contributed by atoms with van der Waals surface area (Å²) in [4.78, 5) is 4.44. The fourth-order valence-electron chi connectivity index (χ4n) is 2.25. The predicted molar refractivity (Wildman–Crippen MR) is 80.9 cm³/mol. The number of hydrogen-bond donors (Lipinski definition) is 3. The number of oxime groups is 1. The van der Waals surface area contributed by atoms with Crippen LogP contribution in [-0.2, 0) is 6.42 Å². The summed E-state index contributed by atoms with van der Waals surface area (Å²) in [6.45, 7) is 2.84. The fraction of sp³-hybridized carbons (Fsp3) is 0.333. The molecule has 0 bridgehead atoms. The van der Waals surface area contributed by atoms with Crippen LogP contribution in [0.3, 0.4) is 0 Å². The summed E-state index contributed by atoms with van der Waals surface area (Å²) in [7, 11) is 0. The number of fused-ring (bicyclic) bond motifs is 1. The van der Waals surface area contributed by atoms with E-state index in [1.165, 1.54) is 5.56 Å². The van der Waals surface area contributed by atoms with Crippen molar-refractivity contribution < 1.29 is 5.21 Å². The van der Waals surface area contributed by atoms with Gasteiger partial charge < -0.3 is 16.3 Å². The van der Waals surface area contributed by atoms with E-state index in [0.29, 0.717) is 6.42 Å². The van der Waals surface area contributed by atoms with Crippen molar-refractivity contribution in [1.29, 1.82) is 0 Å². The maximum Gasteiger partial charge on any atom is 0.140 e. The molecule has 0 spiro atoms. The molecule has 106 valence electrons. The molecule has 0 radical (unpaired) electrons. The molecule has 1 aromatic heterocycles. The van der Waals surface area contributed by atoms with Gasteiger partial charge in [0.1, 0.15) is 5.84 Å². The van der Waals surface area contributed by atoms with Crippen molar-refractivity contribution in [2.24, 2.45) is 10.9 Å². The van der Waals surface area contributed by atoms with Crippen LogP contribution in [-0.4, -0.2) is 28.6 Å². The molecule has 1 heterocycles. The average Bonchev–Trinajstić information content (AvgIpc) is 2.47. The zero-order valence-electron chi connectivity index (χ0n) is 11.6. The minimum atomic E-state index is 0.175. The van der Waals surface area contributed by atoms with Crippen molar-refractivity contribution in [2.75, 3.05) is 6.54 Å². The topological polar surface area (TPSA) is 83.5 Å². The van der Waals surface area contributed by atoms with E-state index in [9.17, 15) is 0 Å². The molecule has 5 nitrogen and oxygen atoms in total. The van der Waals surface area contributed by atoms with Gasteiger partial charge >= 0.3 is 0 Å². The molecule has 1 atom stereocenters. The van der Waals surface area contributed by atoms with Gasteiger partial charge in [-0.2, -0.15) is 0 Å². The van der Waals surface area contributed by atoms with Crippen LogP contribution in [0, 0.1) is 0 Å². The van der Waals surface area contributed by atoms with Gasteiger partial charge in [-0.05, 0) is 31.5 Å². The molecule has 0 saturated carbocycles. The van der Waals surface area contributed by atoms with Gasteiger partial charge in [0, 0.05) is 24.0 Å². The fourth-order valence-corrected chi connectivity index (χ4v) is 2.25. The monoisotopic (exact) mass is 272 g/mol. The van der Waals surface area contributed by atoms with E-state index in [-0.39, 0.29) is 11.9 Å². The van der Waals surface area contributed by atoms with E-state index in [1.807, 2.05) is 19.2 Å². The molecular formula is C15H20N4O. The maximum atomic E-state index is 8.53. The zero-order valence-corrected chi connectivity index (χ0v) is 11.6. The summed E-state index contributed by atoms with van der Waals surface area (Å²) in [6.07, 6.45) is 3.25. The quantitative estimate of drug-likeness (QED) is 0.324. The van der Waals surface area contributed by atoms with Crippen LogP contribution in [0.5, 0.6) is 0 Å². The third kappa shape index (κ3) is 3.68. The van der Waals surface area contributed by atoms with Crippen molar-refractivity contribution in [3.63, 3.8) is 0 Å². The second kappa shape index (κ2) is 6.86. The molecule has 0 aliphatic carbocycles. The summed E-state index contributed by atoms with van der Waals surface area (Å²) in [5.41, 5.74) is 7.77. The van der Waals surface area contributed by atoms with Crippen LogP contribution in [0.2, 0.25) is 0 Å². The molecule has 4 N–H and O–H groups in total. The molecular weight excluding hydrogens is 252 g/mol. The van der Waals surface area contributed by atoms with Crippen molar-refractivity contribution >= 4 is 16.7 Å². The Hall–Kier alpha value is -2.14. The SMILES string of the molecule is CC(C/C(N)=N/O)NCCc1cccc2cccnc12. The lowest BCUT2D eigenvalue weighted by Gasteiger charge is -2.13. The predicted octanol–water partition coefficient (Wildman–Crippen LogP) is 1.89. The molecule has 1 unspecified atom stereocenters. The molecule has 0 fully saturated rings.